The molecule has 0 unspecified atom stereocenters. The predicted molar refractivity (Wildman–Crippen MR) is 78.7 cm³/mol. The summed E-state index contributed by atoms with van der Waals surface area (Å²) in [7, 11) is 1.64. The van der Waals surface area contributed by atoms with E-state index in [2.05, 4.69) is 5.10 Å². The molecule has 1 aliphatic heterocycles. The number of hydrogen-bond donors (Lipinski definition) is 1. The topological polar surface area (TPSA) is 58.4 Å². The predicted octanol–water partition coefficient (Wildman–Crippen LogP) is 1.95. The fraction of sp³-hybridized carbons (Fsp3) is 0.375. The Kier molecular flexibility index (Phi) is 3.89. The molecule has 7 heteroatoms. The lowest BCUT2D eigenvalue weighted by molar-refractivity contribution is 0.0702. The highest BCUT2D eigenvalue weighted by atomic mass is 19.1. The van der Waals surface area contributed by atoms with Gasteiger partial charge >= 0.3 is 0 Å². The van der Waals surface area contributed by atoms with Gasteiger partial charge in [-0.15, -0.1) is 0 Å². The number of aromatic nitrogens is 2. The molecule has 1 N–H and O–H groups in total. The van der Waals surface area contributed by atoms with Crippen molar-refractivity contribution >= 4 is 5.91 Å². The van der Waals surface area contributed by atoms with Crippen LogP contribution in [0.5, 0.6) is 0 Å². The smallest absolute Gasteiger partial charge is 0.272 e. The molecule has 1 saturated heterocycles. The van der Waals surface area contributed by atoms with E-state index in [4.69, 9.17) is 0 Å². The summed E-state index contributed by atoms with van der Waals surface area (Å²) in [5.41, 5.74) is 1.11. The van der Waals surface area contributed by atoms with Crippen LogP contribution in [0.4, 0.5) is 8.78 Å². The van der Waals surface area contributed by atoms with Crippen LogP contribution >= 0.6 is 0 Å². The van der Waals surface area contributed by atoms with Gasteiger partial charge in [0, 0.05) is 19.2 Å². The minimum absolute atomic E-state index is 0.0731. The maximum atomic E-state index is 14.1. The van der Waals surface area contributed by atoms with E-state index >= 15 is 0 Å². The molecule has 0 aliphatic carbocycles. The quantitative estimate of drug-likeness (QED) is 0.920. The zero-order valence-corrected chi connectivity index (χ0v) is 12.8. The Morgan fingerprint density at radius 1 is 1.35 bits per heavy atom. The van der Waals surface area contributed by atoms with Gasteiger partial charge in [-0.05, 0) is 37.6 Å². The van der Waals surface area contributed by atoms with Crippen LogP contribution in [0, 0.1) is 18.6 Å². The first-order valence-electron chi connectivity index (χ1n) is 7.31. The molecule has 2 heterocycles. The van der Waals surface area contributed by atoms with Crippen LogP contribution in [0.15, 0.2) is 24.3 Å². The number of β-amino-alcohol motifs (C(OH)–C–C–N with tert-alkyl or cyclic N) is 1. The SMILES string of the molecule is Cc1cc(C(=O)N2C[C@H](O)C[C@H]2c2cc(F)ccc2F)n(C)n1. The van der Waals surface area contributed by atoms with Crippen LogP contribution in [0.25, 0.3) is 0 Å². The summed E-state index contributed by atoms with van der Waals surface area (Å²) in [6, 6.07) is 4.06. The van der Waals surface area contributed by atoms with Crippen LogP contribution < -0.4 is 0 Å². The van der Waals surface area contributed by atoms with E-state index in [1.807, 2.05) is 0 Å². The number of likely N-dealkylation sites (tertiary alicyclic amines) is 1. The number of nitrogens with zero attached hydrogens (tertiary/aromatic N) is 3. The Balaban J connectivity index is 1.98. The number of aliphatic hydroxyl groups is 1. The number of rotatable bonds is 2. The lowest BCUT2D eigenvalue weighted by atomic mass is 10.0. The third-order valence-corrected chi connectivity index (χ3v) is 4.08. The molecule has 1 fully saturated rings. The molecular weight excluding hydrogens is 304 g/mol. The summed E-state index contributed by atoms with van der Waals surface area (Å²) >= 11 is 0. The Hall–Kier alpha value is -2.28. The van der Waals surface area contributed by atoms with Crippen molar-refractivity contribution < 1.29 is 18.7 Å². The summed E-state index contributed by atoms with van der Waals surface area (Å²) in [6.45, 7) is 1.84. The highest BCUT2D eigenvalue weighted by Crippen LogP contribution is 2.35. The normalized spacial score (nSPS) is 21.0. The van der Waals surface area contributed by atoms with Gasteiger partial charge in [0.25, 0.3) is 5.91 Å². The second-order valence-corrected chi connectivity index (χ2v) is 5.82. The van der Waals surface area contributed by atoms with Gasteiger partial charge in [-0.2, -0.15) is 5.10 Å². The van der Waals surface area contributed by atoms with Crippen LogP contribution in [0.1, 0.15) is 34.2 Å². The average molecular weight is 321 g/mol. The first kappa shape index (κ1) is 15.6. The van der Waals surface area contributed by atoms with E-state index in [1.54, 1.807) is 20.0 Å². The van der Waals surface area contributed by atoms with Crippen molar-refractivity contribution in [1.29, 1.82) is 0 Å². The van der Waals surface area contributed by atoms with Gasteiger partial charge in [0.1, 0.15) is 17.3 Å². The fourth-order valence-electron chi connectivity index (χ4n) is 3.06. The number of amides is 1. The number of hydrogen-bond acceptors (Lipinski definition) is 3. The van der Waals surface area contributed by atoms with Gasteiger partial charge in [0.15, 0.2) is 0 Å². The van der Waals surface area contributed by atoms with Crippen LogP contribution in [0.2, 0.25) is 0 Å². The number of benzene rings is 1. The Bertz CT molecular complexity index is 760. The molecule has 1 aromatic carbocycles. The number of aliphatic hydroxyl groups excluding tert-OH is 1. The van der Waals surface area contributed by atoms with Gasteiger partial charge in [0.05, 0.1) is 17.8 Å². The molecule has 2 atom stereocenters. The van der Waals surface area contributed by atoms with Gasteiger partial charge in [-0.25, -0.2) is 8.78 Å². The van der Waals surface area contributed by atoms with Crippen LogP contribution in [-0.2, 0) is 7.05 Å². The highest BCUT2D eigenvalue weighted by Gasteiger charge is 2.38. The summed E-state index contributed by atoms with van der Waals surface area (Å²) < 4.78 is 29.0. The van der Waals surface area contributed by atoms with Crippen molar-refractivity contribution in [2.24, 2.45) is 7.05 Å². The van der Waals surface area contributed by atoms with E-state index in [9.17, 15) is 18.7 Å². The van der Waals surface area contributed by atoms with E-state index in [-0.39, 0.29) is 24.4 Å². The molecular formula is C16H17F2N3O2. The van der Waals surface area contributed by atoms with Crippen molar-refractivity contribution in [2.45, 2.75) is 25.5 Å². The maximum Gasteiger partial charge on any atom is 0.272 e. The molecule has 0 bridgehead atoms. The molecule has 1 amide bonds. The molecule has 1 aliphatic rings. The number of halogens is 2. The van der Waals surface area contributed by atoms with Gasteiger partial charge in [0.2, 0.25) is 0 Å². The molecule has 0 saturated carbocycles. The van der Waals surface area contributed by atoms with Crippen molar-refractivity contribution in [1.82, 2.24) is 14.7 Å². The fourth-order valence-corrected chi connectivity index (χ4v) is 3.06. The molecule has 2 aromatic rings. The van der Waals surface area contributed by atoms with E-state index in [0.29, 0.717) is 11.4 Å². The third kappa shape index (κ3) is 2.84. The van der Waals surface area contributed by atoms with Gasteiger partial charge in [-0.3, -0.25) is 9.48 Å². The lowest BCUT2D eigenvalue weighted by Crippen LogP contribution is -2.33. The zero-order chi connectivity index (χ0) is 16.7. The van der Waals surface area contributed by atoms with Crippen LogP contribution in [0.3, 0.4) is 0 Å². The minimum atomic E-state index is -0.777. The number of aryl methyl sites for hydroxylation is 2. The molecule has 3 rings (SSSR count). The Morgan fingerprint density at radius 3 is 2.74 bits per heavy atom. The molecule has 1 aromatic heterocycles. The molecule has 5 nitrogen and oxygen atoms in total. The standard InChI is InChI=1S/C16H17F2N3O2/c1-9-5-15(20(2)19-9)16(23)21-8-11(22)7-14(21)12-6-10(17)3-4-13(12)18/h3-6,11,14,22H,7-8H2,1-2H3/t11-,14+/m1/s1. The van der Waals surface area contributed by atoms with E-state index in [1.165, 1.54) is 9.58 Å². The number of carbonyl (C=O) groups excluding carboxylic acids is 1. The summed E-state index contributed by atoms with van der Waals surface area (Å²) in [4.78, 5) is 14.1. The highest BCUT2D eigenvalue weighted by molar-refractivity contribution is 5.93. The van der Waals surface area contributed by atoms with Crippen molar-refractivity contribution in [3.05, 3.63) is 52.9 Å². The first-order chi connectivity index (χ1) is 10.9. The van der Waals surface area contributed by atoms with E-state index < -0.39 is 23.8 Å². The third-order valence-electron chi connectivity index (χ3n) is 4.08. The minimum Gasteiger partial charge on any atom is -0.391 e. The Labute approximate surface area is 132 Å². The van der Waals surface area contributed by atoms with E-state index in [0.717, 1.165) is 18.2 Å². The maximum absolute atomic E-state index is 14.1. The first-order valence-corrected chi connectivity index (χ1v) is 7.31. The van der Waals surface area contributed by atoms with Crippen molar-refractivity contribution in [2.75, 3.05) is 6.54 Å². The van der Waals surface area contributed by atoms with Gasteiger partial charge < -0.3 is 10.0 Å². The summed E-state index contributed by atoms with van der Waals surface area (Å²) in [6.07, 6.45) is -0.607. The molecule has 23 heavy (non-hydrogen) atoms. The van der Waals surface area contributed by atoms with Gasteiger partial charge in [-0.1, -0.05) is 0 Å². The molecule has 122 valence electrons. The summed E-state index contributed by atoms with van der Waals surface area (Å²) in [5, 5.41) is 14.1. The average Bonchev–Trinajstić information content (AvgIpc) is 3.03. The lowest BCUT2D eigenvalue weighted by Gasteiger charge is -2.25. The van der Waals surface area contributed by atoms with Crippen molar-refractivity contribution in [3.63, 3.8) is 0 Å². The molecule has 0 radical (unpaired) electrons. The second-order valence-electron chi connectivity index (χ2n) is 5.82. The summed E-state index contributed by atoms with van der Waals surface area (Å²) in [5.74, 6) is -1.53. The largest absolute Gasteiger partial charge is 0.391 e. The molecule has 0 spiro atoms. The zero-order valence-electron chi connectivity index (χ0n) is 12.8. The van der Waals surface area contributed by atoms with Crippen LogP contribution in [-0.4, -0.2) is 38.3 Å². The number of carbonyl (C=O) groups is 1. The van der Waals surface area contributed by atoms with Crippen molar-refractivity contribution in [3.8, 4) is 0 Å². The monoisotopic (exact) mass is 321 g/mol. The second kappa shape index (κ2) is 5.73. The Morgan fingerprint density at radius 2 is 2.09 bits per heavy atom.